The van der Waals surface area contributed by atoms with Gasteiger partial charge in [0.1, 0.15) is 4.83 Å². The van der Waals surface area contributed by atoms with E-state index in [1.165, 1.54) is 28.6 Å². The molecule has 0 spiro atoms. The molecule has 0 bridgehead atoms. The fourth-order valence-corrected chi connectivity index (χ4v) is 6.84. The first-order valence-electron chi connectivity index (χ1n) is 11.2. The van der Waals surface area contributed by atoms with E-state index in [2.05, 4.69) is 17.6 Å². The number of nitrogens with one attached hydrogen (secondary N) is 2. The number of aromatic nitrogens is 2. The molecule has 9 heteroatoms. The van der Waals surface area contributed by atoms with Crippen molar-refractivity contribution >= 4 is 45.3 Å². The number of thioether (sulfide) groups is 1. The zero-order valence-electron chi connectivity index (χ0n) is 18.2. The summed E-state index contributed by atoms with van der Waals surface area (Å²) in [4.78, 5) is 44.4. The SMILES string of the molecule is CCn1c(SCC(=O)NC(=O)NC2CCCCC2)nc2sc3c(c2c1=O)CCC(C)C3. The number of aryl methyl sites for hydroxylation is 1. The number of rotatable bonds is 5. The number of urea groups is 1. The summed E-state index contributed by atoms with van der Waals surface area (Å²) in [6, 6.07) is -0.287. The fraction of sp³-hybridized carbons (Fsp3) is 0.636. The molecule has 3 amide bonds. The van der Waals surface area contributed by atoms with Gasteiger partial charge < -0.3 is 5.32 Å². The van der Waals surface area contributed by atoms with Crippen molar-refractivity contribution in [3.8, 4) is 0 Å². The maximum atomic E-state index is 13.2. The zero-order chi connectivity index (χ0) is 22.0. The Hall–Kier alpha value is -1.87. The molecule has 2 aliphatic carbocycles. The van der Waals surface area contributed by atoms with Crippen molar-refractivity contribution in [3.63, 3.8) is 0 Å². The summed E-state index contributed by atoms with van der Waals surface area (Å²) in [5.74, 6) is 0.291. The fourth-order valence-electron chi connectivity index (χ4n) is 4.56. The van der Waals surface area contributed by atoms with Crippen molar-refractivity contribution in [2.75, 3.05) is 5.75 Å². The van der Waals surface area contributed by atoms with Crippen molar-refractivity contribution in [1.29, 1.82) is 0 Å². The molecule has 2 aromatic rings. The van der Waals surface area contributed by atoms with Gasteiger partial charge in [-0.1, -0.05) is 37.9 Å². The van der Waals surface area contributed by atoms with Gasteiger partial charge in [0.25, 0.3) is 5.56 Å². The standard InChI is InChI=1S/C22H30N4O3S2/c1-3-26-20(28)18-15-10-9-13(2)11-16(15)31-19(18)25-22(26)30-12-17(27)24-21(29)23-14-7-5-4-6-8-14/h13-14H,3-12H2,1-2H3,(H2,23,24,27,29). The predicted octanol–water partition coefficient (Wildman–Crippen LogP) is 3.85. The predicted molar refractivity (Wildman–Crippen MR) is 125 cm³/mol. The van der Waals surface area contributed by atoms with E-state index in [9.17, 15) is 14.4 Å². The molecule has 2 N–H and O–H groups in total. The number of nitrogens with zero attached hydrogens (tertiary/aromatic N) is 2. The van der Waals surface area contributed by atoms with Crippen molar-refractivity contribution in [1.82, 2.24) is 20.2 Å². The minimum atomic E-state index is -0.436. The van der Waals surface area contributed by atoms with Crippen LogP contribution in [-0.4, -0.2) is 33.3 Å². The van der Waals surface area contributed by atoms with Crippen molar-refractivity contribution in [3.05, 3.63) is 20.8 Å². The minimum absolute atomic E-state index is 0.0162. The molecule has 1 unspecified atom stereocenters. The number of fused-ring (bicyclic) bond motifs is 3. The molecular formula is C22H30N4O3S2. The van der Waals surface area contributed by atoms with E-state index in [1.54, 1.807) is 15.9 Å². The minimum Gasteiger partial charge on any atom is -0.335 e. The summed E-state index contributed by atoms with van der Waals surface area (Å²) < 4.78 is 1.65. The Morgan fingerprint density at radius 2 is 2.00 bits per heavy atom. The second-order valence-electron chi connectivity index (χ2n) is 8.62. The topological polar surface area (TPSA) is 93.1 Å². The molecule has 2 heterocycles. The number of imide groups is 1. The van der Waals surface area contributed by atoms with E-state index < -0.39 is 6.03 Å². The lowest BCUT2D eigenvalue weighted by Gasteiger charge is -2.22. The van der Waals surface area contributed by atoms with Gasteiger partial charge in [-0.15, -0.1) is 11.3 Å². The zero-order valence-corrected chi connectivity index (χ0v) is 19.8. The van der Waals surface area contributed by atoms with Crippen LogP contribution >= 0.6 is 23.1 Å². The van der Waals surface area contributed by atoms with Crippen LogP contribution in [0.1, 0.15) is 62.8 Å². The van der Waals surface area contributed by atoms with Crippen LogP contribution in [0.25, 0.3) is 10.2 Å². The Bertz CT molecular complexity index is 1040. The van der Waals surface area contributed by atoms with Crippen LogP contribution in [-0.2, 0) is 24.2 Å². The average Bonchev–Trinajstić information content (AvgIpc) is 3.10. The number of amides is 3. The highest BCUT2D eigenvalue weighted by atomic mass is 32.2. The lowest BCUT2D eigenvalue weighted by molar-refractivity contribution is -0.117. The number of carbonyl (C=O) groups is 2. The second-order valence-corrected chi connectivity index (χ2v) is 10.6. The summed E-state index contributed by atoms with van der Waals surface area (Å²) in [7, 11) is 0. The number of hydrogen-bond acceptors (Lipinski definition) is 6. The summed E-state index contributed by atoms with van der Waals surface area (Å²) in [5, 5.41) is 6.59. The van der Waals surface area contributed by atoms with E-state index in [1.807, 2.05) is 6.92 Å². The lowest BCUT2D eigenvalue weighted by Crippen LogP contribution is -2.45. The van der Waals surface area contributed by atoms with Crippen LogP contribution in [0.15, 0.2) is 9.95 Å². The van der Waals surface area contributed by atoms with Crippen molar-refractivity contribution < 1.29 is 9.59 Å². The van der Waals surface area contributed by atoms with Gasteiger partial charge in [0, 0.05) is 17.5 Å². The molecule has 168 valence electrons. The number of hydrogen-bond donors (Lipinski definition) is 2. The van der Waals surface area contributed by atoms with Crippen molar-refractivity contribution in [2.45, 2.75) is 83.0 Å². The summed E-state index contributed by atoms with van der Waals surface area (Å²) in [6.07, 6.45) is 8.40. The van der Waals surface area contributed by atoms with Gasteiger partial charge in [-0.3, -0.25) is 19.5 Å². The van der Waals surface area contributed by atoms with Crippen LogP contribution in [0.3, 0.4) is 0 Å². The molecule has 4 rings (SSSR count). The van der Waals surface area contributed by atoms with E-state index in [0.717, 1.165) is 55.2 Å². The number of carbonyl (C=O) groups excluding carboxylic acids is 2. The van der Waals surface area contributed by atoms with Gasteiger partial charge in [0.15, 0.2) is 5.16 Å². The van der Waals surface area contributed by atoms with E-state index in [0.29, 0.717) is 17.6 Å². The maximum absolute atomic E-state index is 13.2. The van der Waals surface area contributed by atoms with Gasteiger partial charge in [0.2, 0.25) is 5.91 Å². The molecule has 0 saturated heterocycles. The van der Waals surface area contributed by atoms with Crippen LogP contribution in [0, 0.1) is 5.92 Å². The molecule has 7 nitrogen and oxygen atoms in total. The molecule has 0 aliphatic heterocycles. The molecule has 1 saturated carbocycles. The highest BCUT2D eigenvalue weighted by Crippen LogP contribution is 2.36. The Kier molecular flexibility index (Phi) is 7.01. The highest BCUT2D eigenvalue weighted by Gasteiger charge is 2.25. The maximum Gasteiger partial charge on any atom is 0.321 e. The molecule has 2 aromatic heterocycles. The quantitative estimate of drug-likeness (QED) is 0.520. The highest BCUT2D eigenvalue weighted by molar-refractivity contribution is 7.99. The van der Waals surface area contributed by atoms with Crippen molar-refractivity contribution in [2.24, 2.45) is 5.92 Å². The molecule has 31 heavy (non-hydrogen) atoms. The molecule has 1 fully saturated rings. The lowest BCUT2D eigenvalue weighted by atomic mass is 9.89. The molecule has 1 atom stereocenters. The van der Waals surface area contributed by atoms with E-state index in [-0.39, 0.29) is 23.3 Å². The van der Waals surface area contributed by atoms with Gasteiger partial charge in [-0.25, -0.2) is 9.78 Å². The second kappa shape index (κ2) is 9.73. The van der Waals surface area contributed by atoms with Gasteiger partial charge in [-0.05, 0) is 50.5 Å². The van der Waals surface area contributed by atoms with E-state index >= 15 is 0 Å². The monoisotopic (exact) mass is 462 g/mol. The molecule has 0 radical (unpaired) electrons. The molecule has 0 aromatic carbocycles. The normalized spacial score (nSPS) is 19.2. The van der Waals surface area contributed by atoms with Crippen LogP contribution in [0.5, 0.6) is 0 Å². The molecular weight excluding hydrogens is 432 g/mol. The summed E-state index contributed by atoms with van der Waals surface area (Å²) >= 11 is 2.82. The van der Waals surface area contributed by atoms with Gasteiger partial charge in [-0.2, -0.15) is 0 Å². The Labute approximate surface area is 190 Å². The first-order chi connectivity index (χ1) is 15.0. The smallest absolute Gasteiger partial charge is 0.321 e. The van der Waals surface area contributed by atoms with Crippen LogP contribution in [0.4, 0.5) is 4.79 Å². The Morgan fingerprint density at radius 1 is 1.23 bits per heavy atom. The number of thiophene rings is 1. The largest absolute Gasteiger partial charge is 0.335 e. The van der Waals surface area contributed by atoms with Crippen LogP contribution < -0.4 is 16.2 Å². The Morgan fingerprint density at radius 3 is 2.74 bits per heavy atom. The third-order valence-corrected chi connectivity index (χ3v) is 8.35. The molecule has 2 aliphatic rings. The van der Waals surface area contributed by atoms with Gasteiger partial charge >= 0.3 is 6.03 Å². The van der Waals surface area contributed by atoms with E-state index in [4.69, 9.17) is 4.98 Å². The third-order valence-electron chi connectivity index (χ3n) is 6.22. The first-order valence-corrected chi connectivity index (χ1v) is 13.0. The summed E-state index contributed by atoms with van der Waals surface area (Å²) in [5.41, 5.74) is 1.16. The Balaban J connectivity index is 1.44. The van der Waals surface area contributed by atoms with Crippen LogP contribution in [0.2, 0.25) is 0 Å². The third kappa shape index (κ3) is 4.98. The summed E-state index contributed by atoms with van der Waals surface area (Å²) in [6.45, 7) is 4.65. The van der Waals surface area contributed by atoms with Gasteiger partial charge in [0.05, 0.1) is 11.1 Å². The average molecular weight is 463 g/mol. The first kappa shape index (κ1) is 22.3.